The van der Waals surface area contributed by atoms with Gasteiger partial charge in [0.1, 0.15) is 22.8 Å². The Morgan fingerprint density at radius 3 is 2.00 bits per heavy atom. The van der Waals surface area contributed by atoms with Crippen LogP contribution in [0.2, 0.25) is 0 Å². The molecule has 0 saturated carbocycles. The number of hydrogen-bond donors (Lipinski definition) is 2. The second kappa shape index (κ2) is 5.54. The van der Waals surface area contributed by atoms with Gasteiger partial charge in [0.05, 0.1) is 13.2 Å². The molecule has 5 rings (SSSR count). The van der Waals surface area contributed by atoms with Crippen LogP contribution in [0.25, 0.3) is 0 Å². The number of phenols is 1. The molecule has 7 heteroatoms. The van der Waals surface area contributed by atoms with Gasteiger partial charge in [0.15, 0.2) is 0 Å². The number of nitrogens with two attached hydrogens (primary N) is 1. The zero-order valence-corrected chi connectivity index (χ0v) is 16.7. The van der Waals surface area contributed by atoms with Crippen LogP contribution in [-0.4, -0.2) is 35.8 Å². The topological polar surface area (TPSA) is 100 Å². The third-order valence-electron chi connectivity index (χ3n) is 7.26. The Kier molecular flexibility index (Phi) is 3.57. The number of rotatable bonds is 1. The lowest BCUT2D eigenvalue weighted by Crippen LogP contribution is -2.47. The predicted octanol–water partition coefficient (Wildman–Crippen LogP) is 2.36. The van der Waals surface area contributed by atoms with Crippen molar-refractivity contribution < 1.29 is 28.8 Å². The summed E-state index contributed by atoms with van der Waals surface area (Å²) in [5.41, 5.74) is 7.09. The van der Waals surface area contributed by atoms with E-state index in [0.29, 0.717) is 43.3 Å². The summed E-state index contributed by atoms with van der Waals surface area (Å²) in [7, 11) is 0. The van der Waals surface area contributed by atoms with E-state index in [0.717, 1.165) is 5.56 Å². The lowest BCUT2D eigenvalue weighted by molar-refractivity contribution is -0.174. The minimum atomic E-state index is -0.850. The van der Waals surface area contributed by atoms with Crippen molar-refractivity contribution >= 4 is 5.91 Å². The average molecular weight is 389 g/mol. The van der Waals surface area contributed by atoms with Gasteiger partial charge in [-0.1, -0.05) is 13.8 Å². The first kappa shape index (κ1) is 18.1. The molecule has 7 nitrogen and oxygen atoms in total. The molecule has 1 aromatic rings. The Labute approximate surface area is 164 Å². The lowest BCUT2D eigenvalue weighted by Gasteiger charge is -2.43. The van der Waals surface area contributed by atoms with Gasteiger partial charge in [-0.25, -0.2) is 0 Å². The maximum absolute atomic E-state index is 12.3. The van der Waals surface area contributed by atoms with E-state index in [1.807, 2.05) is 13.8 Å². The molecule has 0 aromatic heterocycles. The zero-order valence-electron chi connectivity index (χ0n) is 16.7. The van der Waals surface area contributed by atoms with E-state index < -0.39 is 17.5 Å². The number of aromatic hydroxyl groups is 1. The number of primary amides is 1. The first-order valence-electron chi connectivity index (χ1n) is 10.0. The molecule has 0 bridgehead atoms. The summed E-state index contributed by atoms with van der Waals surface area (Å²) in [4.78, 5) is 12.3. The van der Waals surface area contributed by atoms with Crippen molar-refractivity contribution in [2.75, 3.05) is 13.2 Å². The number of amides is 1. The molecule has 4 aliphatic rings. The molecule has 28 heavy (non-hydrogen) atoms. The maximum atomic E-state index is 12.3. The summed E-state index contributed by atoms with van der Waals surface area (Å²) < 4.78 is 24.5. The van der Waals surface area contributed by atoms with E-state index in [2.05, 4.69) is 13.8 Å². The third kappa shape index (κ3) is 2.20. The van der Waals surface area contributed by atoms with Crippen LogP contribution in [0.4, 0.5) is 0 Å². The Bertz CT molecular complexity index is 884. The maximum Gasteiger partial charge on any atom is 0.256 e. The highest BCUT2D eigenvalue weighted by molar-refractivity contribution is 6.00. The fourth-order valence-electron chi connectivity index (χ4n) is 5.54. The van der Waals surface area contributed by atoms with Crippen molar-refractivity contribution in [1.29, 1.82) is 0 Å². The molecular formula is C21H27NO6. The Morgan fingerprint density at radius 2 is 1.46 bits per heavy atom. The number of benzene rings is 1. The van der Waals surface area contributed by atoms with Crippen LogP contribution in [0.5, 0.6) is 17.2 Å². The smallest absolute Gasteiger partial charge is 0.256 e. The molecule has 0 aliphatic carbocycles. The fourth-order valence-corrected chi connectivity index (χ4v) is 5.54. The van der Waals surface area contributed by atoms with Gasteiger partial charge < -0.3 is 29.8 Å². The number of fused-ring (bicyclic) bond motifs is 5. The van der Waals surface area contributed by atoms with Crippen LogP contribution in [0.15, 0.2) is 0 Å². The van der Waals surface area contributed by atoms with E-state index in [-0.39, 0.29) is 34.8 Å². The Balaban J connectivity index is 1.72. The van der Waals surface area contributed by atoms with Crippen LogP contribution < -0.4 is 15.2 Å². The van der Waals surface area contributed by atoms with E-state index in [9.17, 15) is 9.90 Å². The van der Waals surface area contributed by atoms with E-state index >= 15 is 0 Å². The summed E-state index contributed by atoms with van der Waals surface area (Å²) in [6.07, 6.45) is 1.20. The normalized spacial score (nSPS) is 40.6. The molecule has 1 aromatic carbocycles. The number of ether oxygens (including phenoxy) is 4. The Morgan fingerprint density at radius 1 is 0.964 bits per heavy atom. The monoisotopic (exact) mass is 389 g/mol. The summed E-state index contributed by atoms with van der Waals surface area (Å²) in [6.45, 7) is 9.25. The molecule has 6 atom stereocenters. The highest BCUT2D eigenvalue weighted by Crippen LogP contribution is 2.57. The van der Waals surface area contributed by atoms with Crippen LogP contribution >= 0.6 is 0 Å². The highest BCUT2D eigenvalue weighted by atomic mass is 16.7. The zero-order chi connectivity index (χ0) is 20.0. The van der Waals surface area contributed by atoms with Crippen molar-refractivity contribution in [3.05, 3.63) is 16.7 Å². The lowest BCUT2D eigenvalue weighted by atomic mass is 9.77. The van der Waals surface area contributed by atoms with Gasteiger partial charge in [-0.05, 0) is 24.7 Å². The van der Waals surface area contributed by atoms with Gasteiger partial charge in [0.2, 0.25) is 11.6 Å². The average Bonchev–Trinajstić information content (AvgIpc) is 3.08. The summed E-state index contributed by atoms with van der Waals surface area (Å²) in [5.74, 6) is -0.806. The van der Waals surface area contributed by atoms with Crippen LogP contribution in [0.1, 0.15) is 49.2 Å². The summed E-state index contributed by atoms with van der Waals surface area (Å²) >= 11 is 0. The molecule has 0 radical (unpaired) electrons. The van der Waals surface area contributed by atoms with Gasteiger partial charge in [0, 0.05) is 36.8 Å². The van der Waals surface area contributed by atoms with Crippen LogP contribution in [0.3, 0.4) is 0 Å². The molecule has 2 saturated heterocycles. The molecule has 2 fully saturated rings. The van der Waals surface area contributed by atoms with Crippen LogP contribution in [-0.2, 0) is 22.3 Å². The highest BCUT2D eigenvalue weighted by Gasteiger charge is 2.55. The first-order chi connectivity index (χ1) is 13.1. The molecule has 1 amide bonds. The molecule has 152 valence electrons. The fraction of sp³-hybridized carbons (Fsp3) is 0.667. The van der Waals surface area contributed by atoms with Crippen LogP contribution in [0, 0.1) is 23.7 Å². The van der Waals surface area contributed by atoms with Gasteiger partial charge in [0.25, 0.3) is 5.91 Å². The van der Waals surface area contributed by atoms with Crippen molar-refractivity contribution in [1.82, 2.24) is 0 Å². The Hall–Kier alpha value is -1.99. The van der Waals surface area contributed by atoms with Gasteiger partial charge in [-0.15, -0.1) is 0 Å². The van der Waals surface area contributed by atoms with Gasteiger partial charge in [-0.2, -0.15) is 0 Å². The number of carbonyl (C=O) groups excluding carboxylic acids is 1. The third-order valence-corrected chi connectivity index (χ3v) is 7.26. The first-order valence-corrected chi connectivity index (χ1v) is 10.0. The molecular weight excluding hydrogens is 362 g/mol. The SMILES string of the molecule is C[C@H]1CO[C@]2(C)Oc3c(c(O)c(C(N)=O)c4c3C[C@@H]3[C@@H](C)CO[C@]3(C)O4)C[C@H]12. The quantitative estimate of drug-likeness (QED) is 0.765. The number of carbonyl (C=O) groups is 1. The van der Waals surface area contributed by atoms with Gasteiger partial charge in [-0.3, -0.25) is 4.79 Å². The molecule has 4 aliphatic heterocycles. The second-order valence-corrected chi connectivity index (χ2v) is 9.14. The van der Waals surface area contributed by atoms with Crippen molar-refractivity contribution in [2.45, 2.75) is 52.1 Å². The molecule has 0 unspecified atom stereocenters. The molecule has 3 N–H and O–H groups in total. The minimum Gasteiger partial charge on any atom is -0.507 e. The van der Waals surface area contributed by atoms with E-state index in [4.69, 9.17) is 24.7 Å². The largest absolute Gasteiger partial charge is 0.507 e. The van der Waals surface area contributed by atoms with Crippen molar-refractivity contribution in [3.63, 3.8) is 0 Å². The minimum absolute atomic E-state index is 0.0235. The molecule has 4 heterocycles. The van der Waals surface area contributed by atoms with E-state index in [1.54, 1.807) is 0 Å². The second-order valence-electron chi connectivity index (χ2n) is 9.14. The standard InChI is InChI=1S/C21H27NO6/c1-9-7-25-20(3)13(9)5-11-16(23)15(19(22)24)18-12(17(11)27-20)6-14-10(2)8-26-21(14,4)28-18/h9-10,13-14,23H,5-8H2,1-4H3,(H2,22,24)/t9-,10-,13+,14+,20+,21+/m0/s1. The van der Waals surface area contributed by atoms with Crippen molar-refractivity contribution in [2.24, 2.45) is 29.4 Å². The van der Waals surface area contributed by atoms with E-state index in [1.165, 1.54) is 0 Å². The van der Waals surface area contributed by atoms with Crippen molar-refractivity contribution in [3.8, 4) is 17.2 Å². The summed E-state index contributed by atoms with van der Waals surface area (Å²) in [6, 6.07) is 0. The summed E-state index contributed by atoms with van der Waals surface area (Å²) in [5, 5.41) is 11.0. The van der Waals surface area contributed by atoms with Gasteiger partial charge >= 0.3 is 0 Å². The number of hydrogen-bond acceptors (Lipinski definition) is 6. The molecule has 0 spiro atoms. The predicted molar refractivity (Wildman–Crippen MR) is 99.3 cm³/mol.